The van der Waals surface area contributed by atoms with E-state index < -0.39 is 5.60 Å². The molecule has 0 aromatic heterocycles. The predicted molar refractivity (Wildman–Crippen MR) is 85.5 cm³/mol. The topological polar surface area (TPSA) is 50.7 Å². The van der Waals surface area contributed by atoms with Crippen molar-refractivity contribution in [2.45, 2.75) is 31.4 Å². The van der Waals surface area contributed by atoms with E-state index >= 15 is 0 Å². The minimum absolute atomic E-state index is 0.226. The molecule has 0 spiro atoms. The number of aliphatic hydroxyl groups is 1. The van der Waals surface area contributed by atoms with Crippen molar-refractivity contribution in [1.29, 1.82) is 0 Å². The second kappa shape index (κ2) is 6.64. The van der Waals surface area contributed by atoms with Gasteiger partial charge in [0.1, 0.15) is 23.7 Å². The Morgan fingerprint density at radius 3 is 2.50 bits per heavy atom. The van der Waals surface area contributed by atoms with Crippen LogP contribution >= 0.6 is 31.9 Å². The van der Waals surface area contributed by atoms with Gasteiger partial charge < -0.3 is 19.9 Å². The van der Waals surface area contributed by atoms with E-state index in [9.17, 15) is 5.11 Å². The number of ether oxygens (including phenoxy) is 2. The van der Waals surface area contributed by atoms with Crippen molar-refractivity contribution in [2.75, 3.05) is 20.3 Å². The van der Waals surface area contributed by atoms with E-state index in [0.29, 0.717) is 18.3 Å². The molecule has 6 heteroatoms. The highest BCUT2D eigenvalue weighted by Crippen LogP contribution is 2.36. The number of hydrogen-bond acceptors (Lipinski definition) is 4. The maximum atomic E-state index is 10.3. The lowest BCUT2D eigenvalue weighted by atomic mass is 10.1. The molecule has 20 heavy (non-hydrogen) atoms. The van der Waals surface area contributed by atoms with Crippen molar-refractivity contribution in [3.63, 3.8) is 0 Å². The lowest BCUT2D eigenvalue weighted by Crippen LogP contribution is -2.43. The van der Waals surface area contributed by atoms with Crippen LogP contribution in [0.5, 0.6) is 11.5 Å². The van der Waals surface area contributed by atoms with Crippen molar-refractivity contribution in [3.05, 3.63) is 21.1 Å². The van der Waals surface area contributed by atoms with Crippen LogP contribution in [0.3, 0.4) is 0 Å². The fraction of sp³-hybridized carbons (Fsp3) is 0.571. The molecule has 1 aromatic rings. The van der Waals surface area contributed by atoms with E-state index in [0.717, 1.165) is 14.7 Å². The van der Waals surface area contributed by atoms with Crippen LogP contribution in [0, 0.1) is 0 Å². The Labute approximate surface area is 136 Å². The van der Waals surface area contributed by atoms with E-state index in [-0.39, 0.29) is 6.61 Å². The standard InChI is InChI=1S/C14H19Br2NO3/c1-14(18,7-17-9-3-4-9)8-20-13-6-10(15)12(19-2)5-11(13)16/h5-6,9,17-18H,3-4,7-8H2,1-2H3. The zero-order valence-corrected chi connectivity index (χ0v) is 14.8. The summed E-state index contributed by atoms with van der Waals surface area (Å²) in [4.78, 5) is 0. The molecule has 0 aliphatic heterocycles. The molecule has 0 heterocycles. The Bertz CT molecular complexity index is 476. The third kappa shape index (κ3) is 4.62. The molecule has 0 radical (unpaired) electrons. The molecule has 112 valence electrons. The molecule has 2 rings (SSSR count). The molecule has 1 aliphatic carbocycles. The lowest BCUT2D eigenvalue weighted by Gasteiger charge is -2.24. The Morgan fingerprint density at radius 2 is 1.90 bits per heavy atom. The monoisotopic (exact) mass is 407 g/mol. The summed E-state index contributed by atoms with van der Waals surface area (Å²) in [6.45, 7) is 2.53. The quantitative estimate of drug-likeness (QED) is 0.727. The van der Waals surface area contributed by atoms with Gasteiger partial charge in [0, 0.05) is 12.6 Å². The Kier molecular flexibility index (Phi) is 5.34. The molecule has 1 saturated carbocycles. The van der Waals surface area contributed by atoms with Crippen LogP contribution in [0.1, 0.15) is 19.8 Å². The summed E-state index contributed by atoms with van der Waals surface area (Å²) in [5.74, 6) is 1.40. The SMILES string of the molecule is COc1cc(Br)c(OCC(C)(O)CNC2CC2)cc1Br. The highest BCUT2D eigenvalue weighted by atomic mass is 79.9. The molecular formula is C14H19Br2NO3. The first-order valence-corrected chi connectivity index (χ1v) is 8.11. The second-order valence-corrected chi connectivity index (χ2v) is 7.07. The third-order valence-corrected chi connectivity index (χ3v) is 4.33. The molecule has 0 amide bonds. The first-order valence-electron chi connectivity index (χ1n) is 6.53. The molecule has 2 N–H and O–H groups in total. The summed E-state index contributed by atoms with van der Waals surface area (Å²) in [6, 6.07) is 4.23. The van der Waals surface area contributed by atoms with Crippen LogP contribution in [-0.2, 0) is 0 Å². The first kappa shape index (κ1) is 16.1. The average Bonchev–Trinajstić information content (AvgIpc) is 3.21. The van der Waals surface area contributed by atoms with E-state index in [4.69, 9.17) is 9.47 Å². The number of halogens is 2. The summed E-state index contributed by atoms with van der Waals surface area (Å²) in [5.41, 5.74) is -0.894. The third-order valence-electron chi connectivity index (χ3n) is 3.09. The average molecular weight is 409 g/mol. The maximum Gasteiger partial charge on any atom is 0.135 e. The minimum Gasteiger partial charge on any atom is -0.496 e. The van der Waals surface area contributed by atoms with Crippen molar-refractivity contribution < 1.29 is 14.6 Å². The van der Waals surface area contributed by atoms with Gasteiger partial charge in [-0.1, -0.05) is 0 Å². The summed E-state index contributed by atoms with van der Waals surface area (Å²) >= 11 is 6.86. The highest BCUT2D eigenvalue weighted by Gasteiger charge is 2.27. The molecular weight excluding hydrogens is 390 g/mol. The van der Waals surface area contributed by atoms with Gasteiger partial charge in [0.15, 0.2) is 0 Å². The molecule has 1 fully saturated rings. The fourth-order valence-corrected chi connectivity index (χ4v) is 2.63. The van der Waals surface area contributed by atoms with Crippen molar-refractivity contribution >= 4 is 31.9 Å². The van der Waals surface area contributed by atoms with Gasteiger partial charge in [-0.05, 0) is 63.8 Å². The second-order valence-electron chi connectivity index (χ2n) is 5.36. The van der Waals surface area contributed by atoms with Crippen LogP contribution in [0.4, 0.5) is 0 Å². The zero-order chi connectivity index (χ0) is 14.8. The van der Waals surface area contributed by atoms with E-state index in [1.165, 1.54) is 12.8 Å². The number of nitrogens with one attached hydrogen (secondary N) is 1. The zero-order valence-electron chi connectivity index (χ0n) is 11.6. The highest BCUT2D eigenvalue weighted by molar-refractivity contribution is 9.11. The van der Waals surface area contributed by atoms with E-state index in [1.54, 1.807) is 14.0 Å². The first-order chi connectivity index (χ1) is 9.41. The van der Waals surface area contributed by atoms with Gasteiger partial charge in [-0.2, -0.15) is 0 Å². The van der Waals surface area contributed by atoms with Gasteiger partial charge in [0.05, 0.1) is 16.1 Å². The lowest BCUT2D eigenvalue weighted by molar-refractivity contribution is 0.0117. The normalized spacial score (nSPS) is 17.6. The van der Waals surface area contributed by atoms with Gasteiger partial charge in [0.2, 0.25) is 0 Å². The van der Waals surface area contributed by atoms with Gasteiger partial charge in [-0.3, -0.25) is 0 Å². The molecule has 1 aliphatic rings. The summed E-state index contributed by atoms with van der Waals surface area (Å²) < 4.78 is 12.5. The van der Waals surface area contributed by atoms with Gasteiger partial charge in [0.25, 0.3) is 0 Å². The van der Waals surface area contributed by atoms with E-state index in [2.05, 4.69) is 37.2 Å². The molecule has 4 nitrogen and oxygen atoms in total. The van der Waals surface area contributed by atoms with Gasteiger partial charge in [-0.15, -0.1) is 0 Å². The van der Waals surface area contributed by atoms with Crippen molar-refractivity contribution in [1.82, 2.24) is 5.32 Å². The molecule has 1 atom stereocenters. The van der Waals surface area contributed by atoms with Crippen molar-refractivity contribution in [3.8, 4) is 11.5 Å². The Balaban J connectivity index is 1.93. The van der Waals surface area contributed by atoms with Gasteiger partial charge >= 0.3 is 0 Å². The Morgan fingerprint density at radius 1 is 1.30 bits per heavy atom. The van der Waals surface area contributed by atoms with Crippen LogP contribution in [-0.4, -0.2) is 37.0 Å². The molecule has 1 aromatic carbocycles. The number of hydrogen-bond donors (Lipinski definition) is 2. The number of rotatable bonds is 7. The Hall–Kier alpha value is -0.300. The largest absolute Gasteiger partial charge is 0.496 e. The van der Waals surface area contributed by atoms with Crippen LogP contribution in [0.15, 0.2) is 21.1 Å². The summed E-state index contributed by atoms with van der Waals surface area (Å²) in [7, 11) is 1.61. The van der Waals surface area contributed by atoms with E-state index in [1.807, 2.05) is 12.1 Å². The molecule has 0 saturated heterocycles. The fourth-order valence-electron chi connectivity index (χ4n) is 1.71. The minimum atomic E-state index is -0.894. The summed E-state index contributed by atoms with van der Waals surface area (Å²) in [6.07, 6.45) is 2.40. The van der Waals surface area contributed by atoms with Crippen LogP contribution < -0.4 is 14.8 Å². The molecule has 1 unspecified atom stereocenters. The predicted octanol–water partition coefficient (Wildman–Crippen LogP) is 3.10. The summed E-state index contributed by atoms with van der Waals surface area (Å²) in [5, 5.41) is 13.6. The number of benzene rings is 1. The smallest absolute Gasteiger partial charge is 0.135 e. The van der Waals surface area contributed by atoms with Crippen LogP contribution in [0.2, 0.25) is 0 Å². The maximum absolute atomic E-state index is 10.3. The van der Waals surface area contributed by atoms with Gasteiger partial charge in [-0.25, -0.2) is 0 Å². The van der Waals surface area contributed by atoms with Crippen molar-refractivity contribution in [2.24, 2.45) is 0 Å². The van der Waals surface area contributed by atoms with Crippen LogP contribution in [0.25, 0.3) is 0 Å². The number of methoxy groups -OCH3 is 1. The molecule has 0 bridgehead atoms.